The molecule has 9 nitrogen and oxygen atoms in total. The van der Waals surface area contributed by atoms with Gasteiger partial charge < -0.3 is 19.7 Å². The highest BCUT2D eigenvalue weighted by Crippen LogP contribution is 2.32. The topological polar surface area (TPSA) is 112 Å². The minimum atomic E-state index is -0.979. The second-order valence-electron chi connectivity index (χ2n) is 5.51. The van der Waals surface area contributed by atoms with Crippen molar-refractivity contribution in [1.82, 2.24) is 19.1 Å². The van der Waals surface area contributed by atoms with Crippen molar-refractivity contribution >= 4 is 11.2 Å². The van der Waals surface area contributed by atoms with E-state index in [0.29, 0.717) is 12.2 Å². The smallest absolute Gasteiger partial charge is 0.281 e. The van der Waals surface area contributed by atoms with Gasteiger partial charge in [-0.3, -0.25) is 13.9 Å². The number of ether oxygens (including phenoxy) is 2. The summed E-state index contributed by atoms with van der Waals surface area (Å²) in [7, 11) is 1.45. The van der Waals surface area contributed by atoms with Gasteiger partial charge in [0, 0.05) is 13.7 Å². The lowest BCUT2D eigenvalue weighted by molar-refractivity contribution is -0.0583. The van der Waals surface area contributed by atoms with Gasteiger partial charge in [-0.2, -0.15) is 0 Å². The van der Waals surface area contributed by atoms with Gasteiger partial charge in [0.05, 0.1) is 12.9 Å². The molecule has 0 aliphatic carbocycles. The zero-order valence-electron chi connectivity index (χ0n) is 13.0. The van der Waals surface area contributed by atoms with E-state index in [4.69, 9.17) is 9.47 Å². The third-order valence-electron chi connectivity index (χ3n) is 4.05. The number of fused-ring (bicyclic) bond motifs is 1. The average molecular weight is 324 g/mol. The molecule has 0 amide bonds. The van der Waals surface area contributed by atoms with Crippen molar-refractivity contribution in [3.63, 3.8) is 0 Å². The fraction of sp³-hybridized carbons (Fsp3) is 0.643. The Morgan fingerprint density at radius 1 is 1.39 bits per heavy atom. The van der Waals surface area contributed by atoms with Gasteiger partial charge in [0.1, 0.15) is 24.6 Å². The normalized spacial score (nSPS) is 27.8. The number of hydrogen-bond acceptors (Lipinski definition) is 7. The maximum absolute atomic E-state index is 12.4. The average Bonchev–Trinajstić information content (AvgIpc) is 3.11. The highest BCUT2D eigenvalue weighted by atomic mass is 16.6. The molecule has 9 heteroatoms. The molecular formula is C14H20N4O5. The van der Waals surface area contributed by atoms with Crippen molar-refractivity contribution in [2.75, 3.05) is 13.7 Å². The molecule has 2 aromatic rings. The Kier molecular flexibility index (Phi) is 4.44. The summed E-state index contributed by atoms with van der Waals surface area (Å²) in [4.78, 5) is 20.8. The van der Waals surface area contributed by atoms with Gasteiger partial charge in [-0.1, -0.05) is 6.92 Å². The molecule has 1 aliphatic heterocycles. The molecule has 0 radical (unpaired) electrons. The number of aromatic nitrogens is 4. The van der Waals surface area contributed by atoms with Gasteiger partial charge in [0.2, 0.25) is 0 Å². The van der Waals surface area contributed by atoms with Crippen LogP contribution in [0.2, 0.25) is 0 Å². The Morgan fingerprint density at radius 3 is 2.83 bits per heavy atom. The Balaban J connectivity index is 2.04. The maximum atomic E-state index is 12.4. The van der Waals surface area contributed by atoms with E-state index in [9.17, 15) is 15.0 Å². The van der Waals surface area contributed by atoms with E-state index in [-0.39, 0.29) is 17.7 Å². The van der Waals surface area contributed by atoms with Gasteiger partial charge in [-0.05, 0) is 6.42 Å². The molecule has 126 valence electrons. The molecule has 0 saturated carbocycles. The summed E-state index contributed by atoms with van der Waals surface area (Å²) < 4.78 is 14.0. The molecule has 2 aromatic heterocycles. The van der Waals surface area contributed by atoms with Crippen molar-refractivity contribution in [2.45, 2.75) is 44.4 Å². The summed E-state index contributed by atoms with van der Waals surface area (Å²) in [5.74, 6) is 0. The summed E-state index contributed by atoms with van der Waals surface area (Å²) in [5, 5.41) is 19.4. The van der Waals surface area contributed by atoms with E-state index in [2.05, 4.69) is 9.97 Å². The summed E-state index contributed by atoms with van der Waals surface area (Å²) in [5.41, 5.74) is 0.378. The van der Waals surface area contributed by atoms with E-state index in [1.807, 2.05) is 6.92 Å². The number of aliphatic hydroxyl groups is 2. The van der Waals surface area contributed by atoms with Crippen LogP contribution in [0.1, 0.15) is 19.6 Å². The molecule has 1 aliphatic rings. The first-order valence-corrected chi connectivity index (χ1v) is 7.51. The second kappa shape index (κ2) is 6.36. The molecule has 0 spiro atoms. The predicted octanol–water partition coefficient (Wildman–Crippen LogP) is -0.731. The van der Waals surface area contributed by atoms with Crippen LogP contribution in [-0.4, -0.2) is 61.3 Å². The van der Waals surface area contributed by atoms with Crippen LogP contribution in [0.3, 0.4) is 0 Å². The van der Waals surface area contributed by atoms with E-state index in [1.54, 1.807) is 4.57 Å². The van der Waals surface area contributed by atoms with Crippen LogP contribution in [0.25, 0.3) is 11.2 Å². The highest BCUT2D eigenvalue weighted by Gasteiger charge is 2.45. The fourth-order valence-electron chi connectivity index (χ4n) is 2.88. The van der Waals surface area contributed by atoms with Crippen molar-refractivity contribution in [2.24, 2.45) is 0 Å². The van der Waals surface area contributed by atoms with Crippen LogP contribution < -0.4 is 5.56 Å². The molecule has 3 rings (SSSR count). The van der Waals surface area contributed by atoms with Crippen molar-refractivity contribution in [1.29, 1.82) is 0 Å². The Bertz CT molecular complexity index is 742. The monoisotopic (exact) mass is 324 g/mol. The maximum Gasteiger partial charge on any atom is 0.281 e. The molecule has 23 heavy (non-hydrogen) atoms. The zero-order valence-corrected chi connectivity index (χ0v) is 13.0. The van der Waals surface area contributed by atoms with E-state index < -0.39 is 24.5 Å². The third kappa shape index (κ3) is 2.55. The molecule has 2 N–H and O–H groups in total. The molecule has 1 fully saturated rings. The molecular weight excluding hydrogens is 304 g/mol. The van der Waals surface area contributed by atoms with Crippen LogP contribution in [0.4, 0.5) is 0 Å². The quantitative estimate of drug-likeness (QED) is 0.745. The number of hydrogen-bond donors (Lipinski definition) is 2. The number of aryl methyl sites for hydroxylation is 1. The number of nitrogens with zero attached hydrogens (tertiary/aromatic N) is 4. The second-order valence-corrected chi connectivity index (χ2v) is 5.51. The summed E-state index contributed by atoms with van der Waals surface area (Å²) in [6, 6.07) is 0. The minimum absolute atomic E-state index is 0.221. The van der Waals surface area contributed by atoms with Crippen LogP contribution in [0.5, 0.6) is 0 Å². The van der Waals surface area contributed by atoms with Crippen LogP contribution >= 0.6 is 0 Å². The summed E-state index contributed by atoms with van der Waals surface area (Å²) >= 11 is 0. The first-order chi connectivity index (χ1) is 11.1. The number of methoxy groups -OCH3 is 1. The first kappa shape index (κ1) is 16.1. The van der Waals surface area contributed by atoms with Crippen molar-refractivity contribution in [3.8, 4) is 0 Å². The highest BCUT2D eigenvalue weighted by molar-refractivity contribution is 5.69. The Hall–Kier alpha value is -1.81. The molecule has 0 unspecified atom stereocenters. The SMILES string of the molecule is CCCn1cnc2c(ncn2[C@@H]2O[C@H](CO)[C@@H](O)[C@H]2OC)c1=O. The van der Waals surface area contributed by atoms with Gasteiger partial charge in [-0.15, -0.1) is 0 Å². The van der Waals surface area contributed by atoms with Gasteiger partial charge >= 0.3 is 0 Å². The van der Waals surface area contributed by atoms with E-state index >= 15 is 0 Å². The Labute approximate surface area is 132 Å². The molecule has 3 heterocycles. The van der Waals surface area contributed by atoms with Crippen molar-refractivity contribution in [3.05, 3.63) is 23.0 Å². The van der Waals surface area contributed by atoms with Crippen LogP contribution in [0.15, 0.2) is 17.4 Å². The van der Waals surface area contributed by atoms with Crippen molar-refractivity contribution < 1.29 is 19.7 Å². The first-order valence-electron chi connectivity index (χ1n) is 7.51. The lowest BCUT2D eigenvalue weighted by atomic mass is 10.1. The summed E-state index contributed by atoms with van der Waals surface area (Å²) in [6.07, 6.45) is 0.586. The molecule has 0 bridgehead atoms. The fourth-order valence-corrected chi connectivity index (χ4v) is 2.88. The molecule has 4 atom stereocenters. The molecule has 1 saturated heterocycles. The van der Waals surface area contributed by atoms with Gasteiger partial charge in [0.15, 0.2) is 17.4 Å². The lowest BCUT2D eigenvalue weighted by Gasteiger charge is -2.19. The zero-order chi connectivity index (χ0) is 16.6. The lowest BCUT2D eigenvalue weighted by Crippen LogP contribution is -2.34. The standard InChI is InChI=1S/C14H20N4O5/c1-3-4-17-6-16-12-9(13(17)21)15-7-18(12)14-11(22-2)10(20)8(5-19)23-14/h6-8,10-11,14,19-20H,3-5H2,1-2H3/t8-,10-,11-,14-/m1/s1. The van der Waals surface area contributed by atoms with Crippen LogP contribution in [-0.2, 0) is 16.0 Å². The van der Waals surface area contributed by atoms with E-state index in [0.717, 1.165) is 6.42 Å². The summed E-state index contributed by atoms with van der Waals surface area (Å²) in [6.45, 7) is 2.21. The number of aliphatic hydroxyl groups excluding tert-OH is 2. The third-order valence-corrected chi connectivity index (χ3v) is 4.05. The minimum Gasteiger partial charge on any atom is -0.394 e. The van der Waals surface area contributed by atoms with Crippen LogP contribution in [0, 0.1) is 0 Å². The molecule has 0 aromatic carbocycles. The predicted molar refractivity (Wildman–Crippen MR) is 79.9 cm³/mol. The number of rotatable bonds is 5. The Morgan fingerprint density at radius 2 is 2.17 bits per heavy atom. The largest absolute Gasteiger partial charge is 0.394 e. The van der Waals surface area contributed by atoms with Gasteiger partial charge in [-0.25, -0.2) is 9.97 Å². The van der Waals surface area contributed by atoms with Gasteiger partial charge in [0.25, 0.3) is 5.56 Å². The van der Waals surface area contributed by atoms with E-state index in [1.165, 1.54) is 24.3 Å². The number of imidazole rings is 1.